The van der Waals surface area contributed by atoms with Crippen LogP contribution in [0.5, 0.6) is 5.75 Å². The number of hydrogen-bond acceptors (Lipinski definition) is 7. The summed E-state index contributed by atoms with van der Waals surface area (Å²) in [4.78, 5) is 27.5. The van der Waals surface area contributed by atoms with E-state index in [2.05, 4.69) is 41.5 Å². The van der Waals surface area contributed by atoms with Gasteiger partial charge >= 0.3 is 5.69 Å². The number of morpholine rings is 1. The zero-order chi connectivity index (χ0) is 28.6. The second-order valence-corrected chi connectivity index (χ2v) is 11.4. The first-order valence-electron chi connectivity index (χ1n) is 14.8. The molecule has 5 heterocycles. The molecule has 0 amide bonds. The van der Waals surface area contributed by atoms with E-state index in [4.69, 9.17) is 9.72 Å². The first kappa shape index (κ1) is 26.7. The average molecular weight is 570 g/mol. The summed E-state index contributed by atoms with van der Waals surface area (Å²) in [7, 11) is 0. The largest absolute Gasteiger partial charge is 0.506 e. The molecule has 1 saturated heterocycles. The lowest BCUT2D eigenvalue weighted by Crippen LogP contribution is -2.37. The molecule has 11 nitrogen and oxygen atoms in total. The number of anilines is 1. The van der Waals surface area contributed by atoms with Crippen molar-refractivity contribution in [2.45, 2.75) is 45.3 Å². The highest BCUT2D eigenvalue weighted by Gasteiger charge is 2.28. The van der Waals surface area contributed by atoms with Gasteiger partial charge in [-0.3, -0.25) is 14.5 Å². The highest BCUT2D eigenvalue weighted by atomic mass is 16.5. The number of nitrogens with one attached hydrogen (secondary N) is 2. The van der Waals surface area contributed by atoms with Crippen LogP contribution in [0.1, 0.15) is 42.3 Å². The average Bonchev–Trinajstić information content (AvgIpc) is 3.69. The number of rotatable bonds is 10. The standard InChI is InChI=1S/C31H36N8O3/c1-21-3-8-29(40)26(33-21)20-38-28-17-22(18-37-12-9-27-25(19-37)35-31(41)39(27)23-5-6-23)4-7-24(28)34-30(38)32-10-2-11-36-13-15-42-16-14-36/h3-4,7-9,12,17,19,23H,2,5-6,10-11,13-16,18,20H2,1H3,(H2-,32,34,35,40,41)/p+1. The van der Waals surface area contributed by atoms with Gasteiger partial charge in [0.25, 0.3) is 0 Å². The predicted octanol–water partition coefficient (Wildman–Crippen LogP) is 2.94. The first-order valence-corrected chi connectivity index (χ1v) is 14.8. The van der Waals surface area contributed by atoms with Crippen molar-refractivity contribution < 1.29 is 14.4 Å². The fraction of sp³-hybridized carbons (Fsp3) is 0.419. The molecule has 0 spiro atoms. The number of pyridine rings is 2. The third-order valence-corrected chi connectivity index (χ3v) is 8.24. The van der Waals surface area contributed by atoms with E-state index in [0.29, 0.717) is 24.8 Å². The number of fused-ring (bicyclic) bond motifs is 2. The van der Waals surface area contributed by atoms with Crippen LogP contribution in [0.3, 0.4) is 0 Å². The number of nitrogens with zero attached hydrogens (tertiary/aromatic N) is 6. The van der Waals surface area contributed by atoms with Gasteiger partial charge in [-0.1, -0.05) is 6.07 Å². The number of hydrogen-bond donors (Lipinski definition) is 3. The molecule has 1 saturated carbocycles. The van der Waals surface area contributed by atoms with Crippen molar-refractivity contribution in [2.24, 2.45) is 0 Å². The summed E-state index contributed by atoms with van der Waals surface area (Å²) in [5.74, 6) is 0.938. The first-order chi connectivity index (χ1) is 20.5. The molecule has 11 heteroatoms. The maximum Gasteiger partial charge on any atom is 0.326 e. The number of aromatic amines is 1. The Morgan fingerprint density at radius 1 is 1.12 bits per heavy atom. The van der Waals surface area contributed by atoms with Crippen molar-refractivity contribution >= 4 is 28.0 Å². The predicted molar refractivity (Wildman–Crippen MR) is 160 cm³/mol. The Bertz CT molecular complexity index is 1800. The molecule has 218 valence electrons. The zero-order valence-electron chi connectivity index (χ0n) is 23.9. The molecule has 1 aliphatic heterocycles. The van der Waals surface area contributed by atoms with Crippen LogP contribution in [-0.2, 0) is 17.8 Å². The topological polar surface area (TPSA) is 117 Å². The van der Waals surface area contributed by atoms with Crippen LogP contribution in [0.2, 0.25) is 0 Å². The van der Waals surface area contributed by atoms with Crippen LogP contribution < -0.4 is 15.6 Å². The Morgan fingerprint density at radius 3 is 2.81 bits per heavy atom. The minimum Gasteiger partial charge on any atom is -0.506 e. The highest BCUT2D eigenvalue weighted by molar-refractivity contribution is 5.79. The highest BCUT2D eigenvalue weighted by Crippen LogP contribution is 2.35. The summed E-state index contributed by atoms with van der Waals surface area (Å²) in [5, 5.41) is 14.1. The van der Waals surface area contributed by atoms with Gasteiger partial charge in [0.05, 0.1) is 36.3 Å². The van der Waals surface area contributed by atoms with Crippen molar-refractivity contribution in [3.05, 3.63) is 76.2 Å². The fourth-order valence-electron chi connectivity index (χ4n) is 5.89. The van der Waals surface area contributed by atoms with Crippen molar-refractivity contribution in [1.29, 1.82) is 0 Å². The summed E-state index contributed by atoms with van der Waals surface area (Å²) in [5.41, 5.74) is 6.21. The number of aromatic hydroxyl groups is 1. The molecule has 0 unspecified atom stereocenters. The number of aromatic nitrogens is 6. The molecule has 4 aromatic heterocycles. The summed E-state index contributed by atoms with van der Waals surface area (Å²) in [6.07, 6.45) is 7.16. The molecule has 1 aliphatic carbocycles. The summed E-state index contributed by atoms with van der Waals surface area (Å²) in [6, 6.07) is 12.2. The van der Waals surface area contributed by atoms with Crippen molar-refractivity contribution in [3.63, 3.8) is 0 Å². The molecule has 2 aliphatic rings. The van der Waals surface area contributed by atoms with Crippen molar-refractivity contribution in [1.82, 2.24) is 29.0 Å². The molecule has 5 aromatic rings. The molecule has 42 heavy (non-hydrogen) atoms. The third kappa shape index (κ3) is 5.49. The van der Waals surface area contributed by atoms with E-state index >= 15 is 0 Å². The van der Waals surface area contributed by atoms with Gasteiger partial charge in [0, 0.05) is 43.0 Å². The van der Waals surface area contributed by atoms with Gasteiger partial charge in [0.15, 0.2) is 18.9 Å². The van der Waals surface area contributed by atoms with Gasteiger partial charge < -0.3 is 24.7 Å². The van der Waals surface area contributed by atoms with Gasteiger partial charge in [0.1, 0.15) is 17.0 Å². The molecular formula is C31H37N8O3+. The quantitative estimate of drug-likeness (QED) is 0.175. The Balaban J connectivity index is 1.16. The minimum atomic E-state index is -0.0337. The van der Waals surface area contributed by atoms with Crippen LogP contribution in [0.15, 0.2) is 53.6 Å². The van der Waals surface area contributed by atoms with Gasteiger partial charge in [-0.15, -0.1) is 0 Å². The molecule has 0 radical (unpaired) electrons. The van der Waals surface area contributed by atoms with Crippen LogP contribution >= 0.6 is 0 Å². The van der Waals surface area contributed by atoms with Crippen LogP contribution in [0.4, 0.5) is 5.95 Å². The molecule has 3 N–H and O–H groups in total. The molecule has 0 atom stereocenters. The van der Waals surface area contributed by atoms with E-state index in [-0.39, 0.29) is 11.4 Å². The lowest BCUT2D eigenvalue weighted by atomic mass is 10.2. The molecule has 1 aromatic carbocycles. The lowest BCUT2D eigenvalue weighted by molar-refractivity contribution is -0.687. The molecular weight excluding hydrogens is 532 g/mol. The Labute approximate surface area is 243 Å². The monoisotopic (exact) mass is 569 g/mol. The van der Waals surface area contributed by atoms with E-state index in [1.54, 1.807) is 6.07 Å². The Kier molecular flexibility index (Phi) is 7.12. The normalized spacial score (nSPS) is 16.0. The Hall–Kier alpha value is -4.22. The molecule has 7 rings (SSSR count). The van der Waals surface area contributed by atoms with E-state index in [9.17, 15) is 9.90 Å². The van der Waals surface area contributed by atoms with Gasteiger partial charge in [0.2, 0.25) is 5.95 Å². The zero-order valence-corrected chi connectivity index (χ0v) is 23.9. The maximum atomic E-state index is 12.5. The Morgan fingerprint density at radius 2 is 1.98 bits per heavy atom. The minimum absolute atomic E-state index is 0.0337. The lowest BCUT2D eigenvalue weighted by Gasteiger charge is -2.26. The van der Waals surface area contributed by atoms with Crippen LogP contribution in [-0.4, -0.2) is 73.5 Å². The fourth-order valence-corrected chi connectivity index (χ4v) is 5.89. The van der Waals surface area contributed by atoms with Crippen molar-refractivity contribution in [2.75, 3.05) is 44.7 Å². The smallest absolute Gasteiger partial charge is 0.326 e. The van der Waals surface area contributed by atoms with Gasteiger partial charge in [-0.2, -0.15) is 4.57 Å². The van der Waals surface area contributed by atoms with E-state index < -0.39 is 0 Å². The summed E-state index contributed by atoms with van der Waals surface area (Å²) < 4.78 is 11.6. The van der Waals surface area contributed by atoms with Gasteiger partial charge in [-0.25, -0.2) is 9.78 Å². The number of ether oxygens (including phenoxy) is 1. The van der Waals surface area contributed by atoms with E-state index in [1.165, 1.54) is 0 Å². The van der Waals surface area contributed by atoms with E-state index in [1.807, 2.05) is 42.1 Å². The van der Waals surface area contributed by atoms with E-state index in [0.717, 1.165) is 97.9 Å². The second kappa shape index (κ2) is 11.2. The summed E-state index contributed by atoms with van der Waals surface area (Å²) in [6.45, 7) is 8.33. The third-order valence-electron chi connectivity index (χ3n) is 8.24. The number of benzene rings is 1. The molecule has 2 fully saturated rings. The second-order valence-electron chi connectivity index (χ2n) is 11.4. The van der Waals surface area contributed by atoms with Crippen molar-refractivity contribution in [3.8, 4) is 5.75 Å². The van der Waals surface area contributed by atoms with Crippen LogP contribution in [0, 0.1) is 6.92 Å². The summed E-state index contributed by atoms with van der Waals surface area (Å²) >= 11 is 0. The number of H-pyrrole nitrogens is 1. The maximum absolute atomic E-state index is 12.5. The number of aryl methyl sites for hydroxylation is 1. The number of imidazole rings is 2. The molecule has 0 bridgehead atoms. The van der Waals surface area contributed by atoms with Gasteiger partial charge in [-0.05, 0) is 57.0 Å². The van der Waals surface area contributed by atoms with Crippen LogP contribution in [0.25, 0.3) is 22.1 Å². The SMILES string of the molecule is Cc1ccc(O)c(Cn2c(NCCCN3CCOCC3)nc3ccc(C[n+]4ccc5c(c4)[nH]c(=O)n5C4CC4)cc32)n1.